The average Bonchev–Trinajstić information content (AvgIpc) is 2.86. The van der Waals surface area contributed by atoms with Crippen molar-refractivity contribution in [3.05, 3.63) is 51.7 Å². The van der Waals surface area contributed by atoms with Crippen LogP contribution < -0.4 is 5.32 Å². The second-order valence-corrected chi connectivity index (χ2v) is 5.01. The van der Waals surface area contributed by atoms with E-state index >= 15 is 0 Å². The number of halogens is 2. The van der Waals surface area contributed by atoms with Crippen molar-refractivity contribution in [2.24, 2.45) is 0 Å². The monoisotopic (exact) mass is 269 g/mol. The van der Waals surface area contributed by atoms with Gasteiger partial charge in [0.05, 0.1) is 0 Å². The summed E-state index contributed by atoms with van der Waals surface area (Å²) in [7, 11) is 0. The molecule has 2 rings (SSSR count). The van der Waals surface area contributed by atoms with Crippen LogP contribution in [-0.2, 0) is 6.54 Å². The molecule has 0 saturated heterocycles. The molecule has 1 heterocycles. The highest BCUT2D eigenvalue weighted by Gasteiger charge is 2.11. The number of hydrogen-bond acceptors (Lipinski definition) is 3. The van der Waals surface area contributed by atoms with Crippen LogP contribution >= 0.6 is 11.3 Å². The molecule has 0 aliphatic carbocycles. The van der Waals surface area contributed by atoms with Gasteiger partial charge in [-0.1, -0.05) is 6.07 Å². The summed E-state index contributed by atoms with van der Waals surface area (Å²) >= 11 is 1.62. The first-order valence-electron chi connectivity index (χ1n) is 5.51. The van der Waals surface area contributed by atoms with Gasteiger partial charge in [-0.25, -0.2) is 8.78 Å². The summed E-state index contributed by atoms with van der Waals surface area (Å²) in [4.78, 5) is 1.16. The van der Waals surface area contributed by atoms with E-state index in [-0.39, 0.29) is 6.04 Å². The maximum absolute atomic E-state index is 13.1. The summed E-state index contributed by atoms with van der Waals surface area (Å²) in [6.07, 6.45) is 0. The van der Waals surface area contributed by atoms with Gasteiger partial charge in [0, 0.05) is 17.5 Å². The maximum Gasteiger partial charge on any atom is 0.187 e. The molecule has 0 saturated carbocycles. The molecule has 0 aliphatic rings. The number of phenols is 1. The molecular formula is C13H13F2NOS. The van der Waals surface area contributed by atoms with Crippen LogP contribution in [0.15, 0.2) is 29.6 Å². The lowest BCUT2D eigenvalue weighted by atomic mass is 10.2. The Kier molecular flexibility index (Phi) is 3.93. The number of aromatic hydroxyl groups is 1. The van der Waals surface area contributed by atoms with Gasteiger partial charge in [0.2, 0.25) is 0 Å². The molecule has 2 N–H and O–H groups in total. The van der Waals surface area contributed by atoms with Crippen LogP contribution in [0.2, 0.25) is 0 Å². The van der Waals surface area contributed by atoms with E-state index in [2.05, 4.69) is 5.32 Å². The van der Waals surface area contributed by atoms with Crippen molar-refractivity contribution >= 4 is 11.3 Å². The zero-order chi connectivity index (χ0) is 13.1. The topological polar surface area (TPSA) is 32.3 Å². The van der Waals surface area contributed by atoms with Gasteiger partial charge in [-0.15, -0.1) is 11.3 Å². The first-order valence-corrected chi connectivity index (χ1v) is 6.39. The first kappa shape index (κ1) is 13.0. The van der Waals surface area contributed by atoms with Gasteiger partial charge in [0.1, 0.15) is 0 Å². The van der Waals surface area contributed by atoms with Crippen molar-refractivity contribution < 1.29 is 13.9 Å². The van der Waals surface area contributed by atoms with Gasteiger partial charge in [0.15, 0.2) is 17.4 Å². The lowest BCUT2D eigenvalue weighted by Gasteiger charge is -2.12. The Morgan fingerprint density at radius 1 is 1.33 bits per heavy atom. The minimum Gasteiger partial charge on any atom is -0.503 e. The van der Waals surface area contributed by atoms with Gasteiger partial charge in [-0.05, 0) is 36.1 Å². The predicted octanol–water partition coefficient (Wildman–Crippen LogP) is 3.58. The number of nitrogens with one attached hydrogen (secondary N) is 1. The normalized spacial score (nSPS) is 12.6. The predicted molar refractivity (Wildman–Crippen MR) is 67.6 cm³/mol. The quantitative estimate of drug-likeness (QED) is 0.889. The van der Waals surface area contributed by atoms with Gasteiger partial charge >= 0.3 is 0 Å². The van der Waals surface area contributed by atoms with Crippen molar-refractivity contribution in [1.82, 2.24) is 5.32 Å². The highest BCUT2D eigenvalue weighted by molar-refractivity contribution is 7.10. The van der Waals surface area contributed by atoms with Crippen LogP contribution in [0.25, 0.3) is 0 Å². The largest absolute Gasteiger partial charge is 0.503 e. The number of benzene rings is 1. The van der Waals surface area contributed by atoms with Gasteiger partial charge in [-0.2, -0.15) is 0 Å². The third-order valence-corrected chi connectivity index (χ3v) is 3.71. The van der Waals surface area contributed by atoms with Crippen molar-refractivity contribution in [3.63, 3.8) is 0 Å². The Morgan fingerprint density at radius 3 is 2.56 bits per heavy atom. The van der Waals surface area contributed by atoms with E-state index in [1.165, 1.54) is 0 Å². The van der Waals surface area contributed by atoms with E-state index in [4.69, 9.17) is 5.11 Å². The Labute approximate surface area is 108 Å². The van der Waals surface area contributed by atoms with Gasteiger partial charge in [0.25, 0.3) is 0 Å². The fourth-order valence-corrected chi connectivity index (χ4v) is 2.39. The molecule has 0 unspecified atom stereocenters. The molecule has 0 fully saturated rings. The number of hydrogen-bond donors (Lipinski definition) is 2. The Morgan fingerprint density at radius 2 is 2.00 bits per heavy atom. The van der Waals surface area contributed by atoms with E-state index < -0.39 is 17.4 Å². The molecule has 18 heavy (non-hydrogen) atoms. The molecule has 0 amide bonds. The number of phenolic OH excluding ortho intramolecular Hbond substituents is 1. The third kappa shape index (κ3) is 2.86. The molecule has 2 nitrogen and oxygen atoms in total. The second kappa shape index (κ2) is 5.46. The highest BCUT2D eigenvalue weighted by atomic mass is 32.1. The van der Waals surface area contributed by atoms with E-state index in [9.17, 15) is 8.78 Å². The summed E-state index contributed by atoms with van der Waals surface area (Å²) in [5.41, 5.74) is 0.464. The van der Waals surface area contributed by atoms with Crippen LogP contribution in [0.4, 0.5) is 8.78 Å². The Hall–Kier alpha value is -1.46. The van der Waals surface area contributed by atoms with Crippen molar-refractivity contribution in [2.75, 3.05) is 0 Å². The smallest absolute Gasteiger partial charge is 0.187 e. The van der Waals surface area contributed by atoms with Crippen LogP contribution in [0.3, 0.4) is 0 Å². The molecule has 96 valence electrons. The standard InChI is InChI=1S/C13H13F2NOS/c1-8(12-3-2-4-18-12)16-7-9-5-10(14)13(17)11(15)6-9/h2-6,8,16-17H,7H2,1H3/t8-/m1/s1. The molecule has 1 aromatic carbocycles. The van der Waals surface area contributed by atoms with Gasteiger partial charge < -0.3 is 10.4 Å². The Bertz CT molecular complexity index is 505. The summed E-state index contributed by atoms with van der Waals surface area (Å²) < 4.78 is 26.2. The van der Waals surface area contributed by atoms with Gasteiger partial charge in [-0.3, -0.25) is 0 Å². The minimum atomic E-state index is -0.935. The van der Waals surface area contributed by atoms with E-state index in [0.29, 0.717) is 12.1 Å². The molecule has 5 heteroatoms. The molecule has 0 aliphatic heterocycles. The fourth-order valence-electron chi connectivity index (χ4n) is 1.63. The fraction of sp³-hybridized carbons (Fsp3) is 0.231. The van der Waals surface area contributed by atoms with E-state index in [1.54, 1.807) is 11.3 Å². The zero-order valence-corrected chi connectivity index (χ0v) is 10.6. The average molecular weight is 269 g/mol. The number of thiophene rings is 1. The maximum atomic E-state index is 13.1. The molecule has 1 atom stereocenters. The zero-order valence-electron chi connectivity index (χ0n) is 9.78. The van der Waals surface area contributed by atoms with Crippen LogP contribution in [0, 0.1) is 11.6 Å². The Balaban J connectivity index is 2.02. The van der Waals surface area contributed by atoms with Crippen LogP contribution in [-0.4, -0.2) is 5.11 Å². The van der Waals surface area contributed by atoms with Crippen molar-refractivity contribution in [1.29, 1.82) is 0 Å². The van der Waals surface area contributed by atoms with E-state index in [1.807, 2.05) is 24.4 Å². The lowest BCUT2D eigenvalue weighted by Crippen LogP contribution is -2.17. The summed E-state index contributed by atoms with van der Waals surface area (Å²) in [6, 6.07) is 6.34. The SMILES string of the molecule is C[C@@H](NCc1cc(F)c(O)c(F)c1)c1cccs1. The molecule has 0 spiro atoms. The summed E-state index contributed by atoms with van der Waals surface area (Å²) in [5, 5.41) is 14.1. The molecule has 0 radical (unpaired) electrons. The first-order chi connectivity index (χ1) is 8.58. The molecule has 0 bridgehead atoms. The highest BCUT2D eigenvalue weighted by Crippen LogP contribution is 2.22. The van der Waals surface area contributed by atoms with Crippen LogP contribution in [0.5, 0.6) is 5.75 Å². The lowest BCUT2D eigenvalue weighted by molar-refractivity contribution is 0.394. The summed E-state index contributed by atoms with van der Waals surface area (Å²) in [6.45, 7) is 2.33. The van der Waals surface area contributed by atoms with E-state index in [0.717, 1.165) is 17.0 Å². The minimum absolute atomic E-state index is 0.116. The summed E-state index contributed by atoms with van der Waals surface area (Å²) in [5.74, 6) is -2.80. The van der Waals surface area contributed by atoms with Crippen LogP contribution in [0.1, 0.15) is 23.4 Å². The molecular weight excluding hydrogens is 256 g/mol. The second-order valence-electron chi connectivity index (χ2n) is 4.03. The molecule has 1 aromatic heterocycles. The molecule has 2 aromatic rings. The third-order valence-electron chi connectivity index (χ3n) is 2.66. The number of rotatable bonds is 4. The van der Waals surface area contributed by atoms with Crippen molar-refractivity contribution in [2.45, 2.75) is 19.5 Å². The van der Waals surface area contributed by atoms with Crippen molar-refractivity contribution in [3.8, 4) is 5.75 Å².